The molecule has 0 amide bonds. The van der Waals surface area contributed by atoms with Gasteiger partial charge in [0.25, 0.3) is 0 Å². The maximum atomic E-state index is 13.6. The molecule has 0 heterocycles. The summed E-state index contributed by atoms with van der Waals surface area (Å²) in [4.78, 5) is 12.2. The first-order chi connectivity index (χ1) is 8.31. The van der Waals surface area contributed by atoms with E-state index in [1.54, 1.807) is 6.07 Å². The van der Waals surface area contributed by atoms with Crippen molar-refractivity contribution in [1.82, 2.24) is 0 Å². The Morgan fingerprint density at radius 1 is 1.28 bits per heavy atom. The van der Waals surface area contributed by atoms with Crippen LogP contribution < -0.4 is 4.74 Å². The highest BCUT2D eigenvalue weighted by atomic mass is 19.1. The average Bonchev–Trinajstić information content (AvgIpc) is 2.27. The van der Waals surface area contributed by atoms with E-state index in [4.69, 9.17) is 9.47 Å². The maximum Gasteiger partial charge on any atom is 0.192 e. The van der Waals surface area contributed by atoms with Gasteiger partial charge in [0.15, 0.2) is 17.3 Å². The van der Waals surface area contributed by atoms with Crippen molar-refractivity contribution in [3.05, 3.63) is 29.6 Å². The van der Waals surface area contributed by atoms with Crippen LogP contribution in [0.4, 0.5) is 4.39 Å². The number of carbonyl (C=O) groups excluding carboxylic acids is 1. The molecule has 1 aromatic rings. The van der Waals surface area contributed by atoms with Gasteiger partial charge in [0, 0.05) is 12.7 Å². The van der Waals surface area contributed by atoms with E-state index in [9.17, 15) is 9.18 Å². The molecule has 0 aliphatic carbocycles. The molecule has 0 aliphatic rings. The third-order valence-electron chi connectivity index (χ3n) is 2.70. The first-order valence-corrected chi connectivity index (χ1v) is 5.71. The van der Waals surface area contributed by atoms with Gasteiger partial charge >= 0.3 is 0 Å². The van der Waals surface area contributed by atoms with E-state index >= 15 is 0 Å². The number of ketones is 1. The number of carbonyl (C=O) groups is 1. The number of Topliss-reactive ketones (excluding diaryl/α,β-unsaturated/α-hetero) is 1. The molecule has 100 valence electrons. The second-order valence-electron chi connectivity index (χ2n) is 5.20. The van der Waals surface area contributed by atoms with Crippen molar-refractivity contribution < 1.29 is 18.7 Å². The van der Waals surface area contributed by atoms with Crippen LogP contribution in [0.15, 0.2) is 18.2 Å². The number of hydrogen-bond donors (Lipinski definition) is 0. The van der Waals surface area contributed by atoms with Crippen molar-refractivity contribution in [1.29, 1.82) is 0 Å². The largest absolute Gasteiger partial charge is 0.494 e. The number of methoxy groups -OCH3 is 2. The molecule has 4 heteroatoms. The summed E-state index contributed by atoms with van der Waals surface area (Å²) >= 11 is 0. The zero-order valence-corrected chi connectivity index (χ0v) is 11.4. The zero-order valence-electron chi connectivity index (χ0n) is 11.4. The first kappa shape index (κ1) is 14.6. The molecule has 1 unspecified atom stereocenters. The van der Waals surface area contributed by atoms with Gasteiger partial charge in [-0.3, -0.25) is 4.79 Å². The summed E-state index contributed by atoms with van der Waals surface area (Å²) in [6.07, 6.45) is -0.606. The summed E-state index contributed by atoms with van der Waals surface area (Å²) in [6.45, 7) is 5.71. The fourth-order valence-electron chi connectivity index (χ4n) is 1.82. The van der Waals surface area contributed by atoms with E-state index in [2.05, 4.69) is 0 Å². The van der Waals surface area contributed by atoms with Crippen LogP contribution in [-0.4, -0.2) is 26.1 Å². The number of rotatable bonds is 4. The molecular formula is C14H19FO3. The predicted molar refractivity (Wildman–Crippen MR) is 67.5 cm³/mol. The van der Waals surface area contributed by atoms with Crippen molar-refractivity contribution in [3.63, 3.8) is 0 Å². The second-order valence-corrected chi connectivity index (χ2v) is 5.20. The van der Waals surface area contributed by atoms with Gasteiger partial charge in [-0.15, -0.1) is 0 Å². The first-order valence-electron chi connectivity index (χ1n) is 5.71. The molecule has 0 aliphatic heterocycles. The topological polar surface area (TPSA) is 35.5 Å². The summed E-state index contributed by atoms with van der Waals surface area (Å²) in [7, 11) is 2.86. The molecule has 0 spiro atoms. The minimum absolute atomic E-state index is 0.122. The van der Waals surface area contributed by atoms with Crippen molar-refractivity contribution >= 4 is 5.78 Å². The van der Waals surface area contributed by atoms with Gasteiger partial charge in [-0.2, -0.15) is 0 Å². The molecule has 0 N–H and O–H groups in total. The molecule has 0 fully saturated rings. The lowest BCUT2D eigenvalue weighted by Gasteiger charge is -2.28. The molecule has 1 rings (SSSR count). The van der Waals surface area contributed by atoms with Crippen LogP contribution in [0.3, 0.4) is 0 Å². The fourth-order valence-corrected chi connectivity index (χ4v) is 1.82. The van der Waals surface area contributed by atoms with Crippen LogP contribution in [0.1, 0.15) is 31.1 Å². The molecule has 3 nitrogen and oxygen atoms in total. The van der Waals surface area contributed by atoms with Crippen molar-refractivity contribution in [2.45, 2.75) is 26.9 Å². The Hall–Kier alpha value is -1.42. The third kappa shape index (κ3) is 3.07. The molecule has 18 heavy (non-hydrogen) atoms. The van der Waals surface area contributed by atoms with Gasteiger partial charge < -0.3 is 9.47 Å². The molecule has 1 atom stereocenters. The van der Waals surface area contributed by atoms with Crippen molar-refractivity contribution in [2.24, 2.45) is 5.41 Å². The number of hydrogen-bond acceptors (Lipinski definition) is 3. The molecule has 0 aromatic heterocycles. The standard InChI is InChI=1S/C14H19FO3/c1-14(2,3)13(18-5)12(16)9-6-7-11(17-4)10(15)8-9/h6-8,13H,1-5H3. The molecule has 0 radical (unpaired) electrons. The number of ether oxygens (including phenoxy) is 2. The van der Waals surface area contributed by atoms with Gasteiger partial charge in [-0.05, 0) is 23.6 Å². The van der Waals surface area contributed by atoms with E-state index in [-0.39, 0.29) is 22.5 Å². The van der Waals surface area contributed by atoms with Gasteiger partial charge in [-0.1, -0.05) is 20.8 Å². The Morgan fingerprint density at radius 2 is 1.89 bits per heavy atom. The summed E-state index contributed by atoms with van der Waals surface area (Å²) in [5.74, 6) is -0.657. The maximum absolute atomic E-state index is 13.6. The van der Waals surface area contributed by atoms with Crippen LogP contribution in [0.2, 0.25) is 0 Å². The minimum Gasteiger partial charge on any atom is -0.494 e. The summed E-state index contributed by atoms with van der Waals surface area (Å²) in [6, 6.07) is 4.17. The molecule has 1 aromatic carbocycles. The molecule has 0 saturated carbocycles. The van der Waals surface area contributed by atoms with Crippen LogP contribution in [0.25, 0.3) is 0 Å². The van der Waals surface area contributed by atoms with E-state index in [0.717, 1.165) is 0 Å². The highest BCUT2D eigenvalue weighted by Crippen LogP contribution is 2.26. The Balaban J connectivity index is 3.07. The van der Waals surface area contributed by atoms with Crippen LogP contribution in [-0.2, 0) is 4.74 Å². The van der Waals surface area contributed by atoms with Crippen molar-refractivity contribution in [3.8, 4) is 5.75 Å². The highest BCUT2D eigenvalue weighted by molar-refractivity contribution is 6.00. The van der Waals surface area contributed by atoms with Gasteiger partial charge in [-0.25, -0.2) is 4.39 Å². The molecule has 0 saturated heterocycles. The quantitative estimate of drug-likeness (QED) is 0.775. The lowest BCUT2D eigenvalue weighted by atomic mass is 9.84. The van der Waals surface area contributed by atoms with E-state index in [1.807, 2.05) is 20.8 Å². The smallest absolute Gasteiger partial charge is 0.192 e. The Kier molecular flexibility index (Phi) is 4.46. The third-order valence-corrected chi connectivity index (χ3v) is 2.70. The van der Waals surface area contributed by atoms with E-state index in [0.29, 0.717) is 0 Å². The van der Waals surface area contributed by atoms with Crippen LogP contribution in [0.5, 0.6) is 5.75 Å². The Bertz CT molecular complexity index is 435. The second kappa shape index (κ2) is 5.48. The summed E-state index contributed by atoms with van der Waals surface area (Å²) in [5, 5.41) is 0. The van der Waals surface area contributed by atoms with Gasteiger partial charge in [0.05, 0.1) is 7.11 Å². The monoisotopic (exact) mass is 254 g/mol. The predicted octanol–water partition coefficient (Wildman–Crippen LogP) is 3.08. The lowest BCUT2D eigenvalue weighted by molar-refractivity contribution is 0.0195. The molecular weight excluding hydrogens is 235 g/mol. The van der Waals surface area contributed by atoms with Crippen molar-refractivity contribution in [2.75, 3.05) is 14.2 Å². The van der Waals surface area contributed by atoms with E-state index < -0.39 is 11.9 Å². The van der Waals surface area contributed by atoms with Gasteiger partial charge in [0.2, 0.25) is 0 Å². The fraction of sp³-hybridized carbons (Fsp3) is 0.500. The summed E-state index contributed by atoms with van der Waals surface area (Å²) in [5.41, 5.74) is -0.0579. The number of halogens is 1. The van der Waals surface area contributed by atoms with Crippen LogP contribution in [0, 0.1) is 11.2 Å². The summed E-state index contributed by atoms with van der Waals surface area (Å²) < 4.78 is 23.6. The minimum atomic E-state index is -0.606. The lowest BCUT2D eigenvalue weighted by Crippen LogP contribution is -2.36. The highest BCUT2D eigenvalue weighted by Gasteiger charge is 2.32. The Morgan fingerprint density at radius 3 is 2.28 bits per heavy atom. The van der Waals surface area contributed by atoms with Gasteiger partial charge in [0.1, 0.15) is 6.10 Å². The SMILES string of the molecule is COc1ccc(C(=O)C(OC)C(C)(C)C)cc1F. The molecule has 0 bridgehead atoms. The number of benzene rings is 1. The average molecular weight is 254 g/mol. The normalized spacial score (nSPS) is 13.2. The van der Waals surface area contributed by atoms with Crippen LogP contribution >= 0.6 is 0 Å². The Labute approximate surface area is 107 Å². The zero-order chi connectivity index (χ0) is 13.9. The van der Waals surface area contributed by atoms with E-state index in [1.165, 1.54) is 26.4 Å².